The van der Waals surface area contributed by atoms with Crippen molar-refractivity contribution >= 4 is 16.6 Å². The Morgan fingerprint density at radius 3 is 2.63 bits per heavy atom. The van der Waals surface area contributed by atoms with Crippen LogP contribution in [-0.4, -0.2) is 28.2 Å². The molecule has 0 aromatic carbocycles. The number of fused-ring (bicyclic) bond motifs is 1. The molecule has 6 heteroatoms. The van der Waals surface area contributed by atoms with Crippen LogP contribution in [0.25, 0.3) is 10.9 Å². The fourth-order valence-electron chi connectivity index (χ4n) is 4.82. The lowest BCUT2D eigenvalue weighted by Gasteiger charge is -2.48. The van der Waals surface area contributed by atoms with Crippen LogP contribution in [-0.2, 0) is 0 Å². The Morgan fingerprint density at radius 1 is 1.30 bits per heavy atom. The summed E-state index contributed by atoms with van der Waals surface area (Å²) in [5.74, 6) is 0.282. The second kappa shape index (κ2) is 6.07. The number of nitrogens with one attached hydrogen (secondary N) is 1. The first-order valence-electron chi connectivity index (χ1n) is 9.99. The molecule has 2 aromatic heterocycles. The van der Waals surface area contributed by atoms with Gasteiger partial charge in [0, 0.05) is 18.5 Å². The molecule has 27 heavy (non-hydrogen) atoms. The third-order valence-electron chi connectivity index (χ3n) is 6.93. The number of nitriles is 1. The number of pyridine rings is 2. The predicted octanol–water partition coefficient (Wildman–Crippen LogP) is 3.01. The molecule has 1 saturated heterocycles. The average molecular weight is 364 g/mol. The summed E-state index contributed by atoms with van der Waals surface area (Å²) in [6.07, 6.45) is 9.29. The summed E-state index contributed by atoms with van der Waals surface area (Å²) >= 11 is 0. The lowest BCUT2D eigenvalue weighted by atomic mass is 9.63. The molecule has 5 rings (SSSR count). The fraction of sp³-hybridized carbons (Fsp3) is 0.571. The predicted molar refractivity (Wildman–Crippen MR) is 102 cm³/mol. The molecule has 3 aliphatic rings. The minimum absolute atomic E-state index is 0.171. The number of piperidine rings is 1. The zero-order valence-electron chi connectivity index (χ0n) is 15.4. The number of H-pyrrole nitrogens is 1. The van der Waals surface area contributed by atoms with Crippen LogP contribution in [0.5, 0.6) is 0 Å². The van der Waals surface area contributed by atoms with Gasteiger partial charge in [-0.15, -0.1) is 0 Å². The van der Waals surface area contributed by atoms with Crippen LogP contribution in [0.2, 0.25) is 0 Å². The number of aromatic amines is 1. The van der Waals surface area contributed by atoms with E-state index < -0.39 is 6.10 Å². The Morgan fingerprint density at radius 2 is 2.04 bits per heavy atom. The van der Waals surface area contributed by atoms with Crippen molar-refractivity contribution in [3.63, 3.8) is 0 Å². The van der Waals surface area contributed by atoms with E-state index in [2.05, 4.69) is 20.9 Å². The van der Waals surface area contributed by atoms with Crippen molar-refractivity contribution in [2.75, 3.05) is 18.0 Å². The summed E-state index contributed by atoms with van der Waals surface area (Å²) in [6.45, 7) is 1.74. The van der Waals surface area contributed by atoms with Gasteiger partial charge in [0.1, 0.15) is 11.6 Å². The van der Waals surface area contributed by atoms with Gasteiger partial charge < -0.3 is 15.0 Å². The van der Waals surface area contributed by atoms with Gasteiger partial charge in [0.15, 0.2) is 0 Å². The van der Waals surface area contributed by atoms with E-state index in [0.29, 0.717) is 16.6 Å². The SMILES string of the molecule is N#Cc1c(N2CCC3(CCC3)CC2)c2cc(C(O)C3CC3)ncc2[nH]c1=O. The highest BCUT2D eigenvalue weighted by molar-refractivity contribution is 5.94. The Balaban J connectivity index is 1.60. The van der Waals surface area contributed by atoms with Crippen LogP contribution in [0.3, 0.4) is 0 Å². The third-order valence-corrected chi connectivity index (χ3v) is 6.93. The largest absolute Gasteiger partial charge is 0.387 e. The number of nitrogens with zero attached hydrogens (tertiary/aromatic N) is 3. The van der Waals surface area contributed by atoms with E-state index in [-0.39, 0.29) is 17.0 Å². The molecular weight excluding hydrogens is 340 g/mol. The highest BCUT2D eigenvalue weighted by Crippen LogP contribution is 2.50. The van der Waals surface area contributed by atoms with Crippen LogP contribution in [0.4, 0.5) is 5.69 Å². The number of hydrogen-bond acceptors (Lipinski definition) is 5. The minimum Gasteiger partial charge on any atom is -0.387 e. The second-order valence-corrected chi connectivity index (χ2v) is 8.57. The zero-order valence-corrected chi connectivity index (χ0v) is 15.4. The van der Waals surface area contributed by atoms with Crippen LogP contribution >= 0.6 is 0 Å². The highest BCUT2D eigenvalue weighted by Gasteiger charge is 2.40. The Labute approximate surface area is 157 Å². The first kappa shape index (κ1) is 16.8. The summed E-state index contributed by atoms with van der Waals surface area (Å²) in [5.41, 5.74) is 2.29. The topological polar surface area (TPSA) is 93.0 Å². The molecule has 2 aromatic rings. The molecule has 1 atom stereocenters. The van der Waals surface area contributed by atoms with E-state index in [9.17, 15) is 15.2 Å². The van der Waals surface area contributed by atoms with Gasteiger partial charge >= 0.3 is 0 Å². The maximum Gasteiger partial charge on any atom is 0.268 e. The van der Waals surface area contributed by atoms with E-state index in [1.54, 1.807) is 6.20 Å². The van der Waals surface area contributed by atoms with Gasteiger partial charge in [-0.1, -0.05) is 6.42 Å². The van der Waals surface area contributed by atoms with Crippen LogP contribution < -0.4 is 10.5 Å². The number of rotatable bonds is 3. The molecule has 1 unspecified atom stereocenters. The van der Waals surface area contributed by atoms with Gasteiger partial charge in [-0.05, 0) is 55.9 Å². The lowest BCUT2D eigenvalue weighted by Crippen LogP contribution is -2.44. The van der Waals surface area contributed by atoms with Gasteiger partial charge in [-0.25, -0.2) is 0 Å². The van der Waals surface area contributed by atoms with Crippen molar-refractivity contribution < 1.29 is 5.11 Å². The van der Waals surface area contributed by atoms with Gasteiger partial charge in [0.25, 0.3) is 5.56 Å². The molecule has 6 nitrogen and oxygen atoms in total. The van der Waals surface area contributed by atoms with Crippen molar-refractivity contribution in [1.82, 2.24) is 9.97 Å². The van der Waals surface area contributed by atoms with Gasteiger partial charge in [0.2, 0.25) is 0 Å². The summed E-state index contributed by atoms with van der Waals surface area (Å²) in [4.78, 5) is 21.8. The number of aliphatic hydroxyl groups excluding tert-OH is 1. The molecule has 2 aliphatic carbocycles. The van der Waals surface area contributed by atoms with E-state index in [1.807, 2.05) is 6.07 Å². The summed E-state index contributed by atoms with van der Waals surface area (Å²) in [6, 6.07) is 3.99. The molecule has 2 saturated carbocycles. The first-order valence-corrected chi connectivity index (χ1v) is 9.99. The first-order chi connectivity index (χ1) is 13.1. The number of hydrogen-bond donors (Lipinski definition) is 2. The number of aliphatic hydroxyl groups is 1. The molecule has 0 amide bonds. The summed E-state index contributed by atoms with van der Waals surface area (Å²) < 4.78 is 0. The van der Waals surface area contributed by atoms with E-state index in [1.165, 1.54) is 19.3 Å². The van der Waals surface area contributed by atoms with Crippen LogP contribution in [0.15, 0.2) is 17.1 Å². The third kappa shape index (κ3) is 2.72. The smallest absolute Gasteiger partial charge is 0.268 e. The molecule has 1 spiro atoms. The molecular formula is C21H24N4O2. The average Bonchev–Trinajstić information content (AvgIpc) is 3.50. The molecule has 140 valence electrons. The molecule has 3 fully saturated rings. The summed E-state index contributed by atoms with van der Waals surface area (Å²) in [5, 5.41) is 21.0. The van der Waals surface area contributed by atoms with Gasteiger partial charge in [-0.3, -0.25) is 9.78 Å². The Bertz CT molecular complexity index is 988. The number of anilines is 1. The second-order valence-electron chi connectivity index (χ2n) is 8.57. The quantitative estimate of drug-likeness (QED) is 0.873. The molecule has 2 N–H and O–H groups in total. The molecule has 3 heterocycles. The lowest BCUT2D eigenvalue weighted by molar-refractivity contribution is 0.0956. The van der Waals surface area contributed by atoms with Gasteiger partial charge in [-0.2, -0.15) is 5.26 Å². The minimum atomic E-state index is -0.570. The summed E-state index contributed by atoms with van der Waals surface area (Å²) in [7, 11) is 0. The normalized spacial score (nSPS) is 22.4. The highest BCUT2D eigenvalue weighted by atomic mass is 16.3. The molecule has 0 bridgehead atoms. The number of aromatic nitrogens is 2. The Kier molecular flexibility index (Phi) is 3.76. The fourth-order valence-corrected chi connectivity index (χ4v) is 4.82. The van der Waals surface area contributed by atoms with E-state index in [0.717, 1.165) is 49.8 Å². The van der Waals surface area contributed by atoms with Crippen LogP contribution in [0.1, 0.15) is 62.3 Å². The van der Waals surface area contributed by atoms with Crippen LogP contribution in [0, 0.1) is 22.7 Å². The van der Waals surface area contributed by atoms with Crippen molar-refractivity contribution in [3.8, 4) is 6.07 Å². The van der Waals surface area contributed by atoms with E-state index >= 15 is 0 Å². The standard InChI is InChI=1S/C21H24N4O2/c22-11-15-18(25-8-6-21(7-9-25)4-1-5-21)14-10-16(19(26)13-2-3-13)23-12-17(14)24-20(15)27/h10,12-13,19,26H,1-9H2,(H,24,27). The maximum absolute atomic E-state index is 12.5. The monoisotopic (exact) mass is 364 g/mol. The van der Waals surface area contributed by atoms with Crippen molar-refractivity contribution in [2.24, 2.45) is 11.3 Å². The zero-order chi connectivity index (χ0) is 18.6. The van der Waals surface area contributed by atoms with Crippen molar-refractivity contribution in [1.29, 1.82) is 5.26 Å². The van der Waals surface area contributed by atoms with Gasteiger partial charge in [0.05, 0.1) is 29.2 Å². The van der Waals surface area contributed by atoms with Crippen molar-refractivity contribution in [3.05, 3.63) is 33.9 Å². The maximum atomic E-state index is 12.5. The molecule has 1 aliphatic heterocycles. The Hall–Kier alpha value is -2.39. The molecule has 0 radical (unpaired) electrons. The van der Waals surface area contributed by atoms with Crippen molar-refractivity contribution in [2.45, 2.75) is 51.0 Å². The van der Waals surface area contributed by atoms with E-state index in [4.69, 9.17) is 0 Å².